The van der Waals surface area contributed by atoms with E-state index in [0.29, 0.717) is 18.1 Å². The maximum atomic E-state index is 5.58. The van der Waals surface area contributed by atoms with Crippen LogP contribution in [0, 0.1) is 6.92 Å². The van der Waals surface area contributed by atoms with Crippen LogP contribution in [0.5, 0.6) is 0 Å². The molecule has 138 valence electrons. The van der Waals surface area contributed by atoms with Gasteiger partial charge in [0.2, 0.25) is 0 Å². The molecular formula is C21H27N3OS. The van der Waals surface area contributed by atoms with Gasteiger partial charge in [-0.25, -0.2) is 0 Å². The van der Waals surface area contributed by atoms with Crippen LogP contribution in [0.4, 0.5) is 5.69 Å². The van der Waals surface area contributed by atoms with Gasteiger partial charge in [0.15, 0.2) is 5.11 Å². The SMILES string of the molecule is Cc1cccc(NC(=S)NC2C[C@H]3CCC[C@H](C2)N3Cc2ccco2)c1. The lowest BCUT2D eigenvalue weighted by molar-refractivity contribution is 0.0161. The van der Waals surface area contributed by atoms with Crippen molar-refractivity contribution in [3.8, 4) is 0 Å². The Morgan fingerprint density at radius 1 is 1.19 bits per heavy atom. The second kappa shape index (κ2) is 7.80. The molecule has 1 aromatic heterocycles. The molecular weight excluding hydrogens is 342 g/mol. The molecule has 2 bridgehead atoms. The fourth-order valence-electron chi connectivity index (χ4n) is 4.51. The van der Waals surface area contributed by atoms with Crippen LogP contribution in [-0.2, 0) is 6.54 Å². The lowest BCUT2D eigenvalue weighted by Gasteiger charge is -2.48. The summed E-state index contributed by atoms with van der Waals surface area (Å²) in [5, 5.41) is 7.63. The number of thiocarbonyl (C=S) groups is 1. The summed E-state index contributed by atoms with van der Waals surface area (Å²) in [7, 11) is 0. The zero-order chi connectivity index (χ0) is 17.9. The maximum Gasteiger partial charge on any atom is 0.170 e. The summed E-state index contributed by atoms with van der Waals surface area (Å²) in [6, 6.07) is 14.1. The average molecular weight is 370 g/mol. The summed E-state index contributed by atoms with van der Waals surface area (Å²) in [6.45, 7) is 3.03. The molecule has 26 heavy (non-hydrogen) atoms. The maximum absolute atomic E-state index is 5.58. The number of furan rings is 1. The number of nitrogens with one attached hydrogen (secondary N) is 2. The number of fused-ring (bicyclic) bond motifs is 2. The predicted molar refractivity (Wildman–Crippen MR) is 109 cm³/mol. The van der Waals surface area contributed by atoms with Crippen LogP contribution in [0.15, 0.2) is 47.1 Å². The summed E-state index contributed by atoms with van der Waals surface area (Å²) in [5.41, 5.74) is 2.29. The predicted octanol–water partition coefficient (Wildman–Crippen LogP) is 4.46. The normalized spacial score (nSPS) is 25.7. The summed E-state index contributed by atoms with van der Waals surface area (Å²) in [6.07, 6.45) is 7.94. The van der Waals surface area contributed by atoms with Gasteiger partial charge in [-0.15, -0.1) is 0 Å². The third-order valence-electron chi connectivity index (χ3n) is 5.66. The van der Waals surface area contributed by atoms with Crippen LogP contribution >= 0.6 is 12.2 Å². The van der Waals surface area contributed by atoms with E-state index in [1.54, 1.807) is 6.26 Å². The van der Waals surface area contributed by atoms with Crippen LogP contribution in [0.3, 0.4) is 0 Å². The van der Waals surface area contributed by atoms with Gasteiger partial charge in [-0.2, -0.15) is 0 Å². The smallest absolute Gasteiger partial charge is 0.170 e. The average Bonchev–Trinajstić information content (AvgIpc) is 3.08. The van der Waals surface area contributed by atoms with E-state index in [9.17, 15) is 0 Å². The molecule has 2 aliphatic rings. The molecule has 4 rings (SSSR count). The van der Waals surface area contributed by atoms with Crippen LogP contribution in [0.25, 0.3) is 0 Å². The van der Waals surface area contributed by atoms with Crippen molar-refractivity contribution in [2.24, 2.45) is 0 Å². The van der Waals surface area contributed by atoms with E-state index in [1.807, 2.05) is 6.07 Å². The first kappa shape index (κ1) is 17.6. The van der Waals surface area contributed by atoms with Crippen molar-refractivity contribution in [3.05, 3.63) is 54.0 Å². The molecule has 0 unspecified atom stereocenters. The summed E-state index contributed by atoms with van der Waals surface area (Å²) >= 11 is 5.56. The third-order valence-corrected chi connectivity index (χ3v) is 5.88. The van der Waals surface area contributed by atoms with Crippen molar-refractivity contribution in [2.75, 3.05) is 5.32 Å². The Hall–Kier alpha value is -1.85. The number of hydrogen-bond donors (Lipinski definition) is 2. The number of hydrogen-bond acceptors (Lipinski definition) is 3. The van der Waals surface area contributed by atoms with Crippen molar-refractivity contribution in [2.45, 2.75) is 63.7 Å². The molecule has 0 spiro atoms. The first-order chi connectivity index (χ1) is 12.7. The van der Waals surface area contributed by atoms with Crippen LogP contribution in [0.1, 0.15) is 43.4 Å². The molecule has 2 saturated heterocycles. The fourth-order valence-corrected chi connectivity index (χ4v) is 4.80. The Labute approximate surface area is 161 Å². The highest BCUT2D eigenvalue weighted by molar-refractivity contribution is 7.80. The van der Waals surface area contributed by atoms with Crippen molar-refractivity contribution in [1.82, 2.24) is 10.2 Å². The molecule has 3 heterocycles. The minimum atomic E-state index is 0.447. The Balaban J connectivity index is 1.35. The van der Waals surface area contributed by atoms with Crippen LogP contribution < -0.4 is 10.6 Å². The van der Waals surface area contributed by atoms with E-state index in [2.05, 4.69) is 52.8 Å². The van der Waals surface area contributed by atoms with E-state index < -0.39 is 0 Å². The number of rotatable bonds is 4. The summed E-state index contributed by atoms with van der Waals surface area (Å²) < 4.78 is 5.58. The van der Waals surface area contributed by atoms with Crippen LogP contribution in [0.2, 0.25) is 0 Å². The lowest BCUT2D eigenvalue weighted by atomic mass is 9.81. The quantitative estimate of drug-likeness (QED) is 0.779. The van der Waals surface area contributed by atoms with E-state index in [1.165, 1.54) is 24.8 Å². The van der Waals surface area contributed by atoms with E-state index in [4.69, 9.17) is 16.6 Å². The molecule has 2 aromatic rings. The molecule has 0 amide bonds. The summed E-state index contributed by atoms with van der Waals surface area (Å²) in [4.78, 5) is 2.65. The molecule has 0 saturated carbocycles. The minimum absolute atomic E-state index is 0.447. The molecule has 5 heteroatoms. The van der Waals surface area contributed by atoms with Gasteiger partial charge in [0.1, 0.15) is 5.76 Å². The minimum Gasteiger partial charge on any atom is -0.468 e. The highest BCUT2D eigenvalue weighted by Crippen LogP contribution is 2.35. The number of piperidine rings is 2. The van der Waals surface area contributed by atoms with Gasteiger partial charge < -0.3 is 15.1 Å². The molecule has 0 radical (unpaired) electrons. The standard InChI is InChI=1S/C21H27N3OS/c1-15-5-2-6-16(11-15)22-21(26)23-17-12-18-7-3-8-19(13-17)24(18)14-20-9-4-10-25-20/h2,4-6,9-11,17-19H,3,7-8,12-14H2,1H3,(H2,22,23,26)/t18-,19-/m1/s1. The Kier molecular flexibility index (Phi) is 5.27. The second-order valence-corrected chi connectivity index (χ2v) is 8.03. The topological polar surface area (TPSA) is 40.4 Å². The second-order valence-electron chi connectivity index (χ2n) is 7.63. The van der Waals surface area contributed by atoms with Gasteiger partial charge in [-0.3, -0.25) is 4.90 Å². The zero-order valence-corrected chi connectivity index (χ0v) is 16.1. The molecule has 2 fully saturated rings. The van der Waals surface area contributed by atoms with Gasteiger partial charge in [0.25, 0.3) is 0 Å². The van der Waals surface area contributed by atoms with E-state index in [0.717, 1.165) is 35.9 Å². The van der Waals surface area contributed by atoms with Crippen molar-refractivity contribution < 1.29 is 4.42 Å². The van der Waals surface area contributed by atoms with Crippen LogP contribution in [-0.4, -0.2) is 28.1 Å². The van der Waals surface area contributed by atoms with Crippen molar-refractivity contribution >= 4 is 23.0 Å². The largest absolute Gasteiger partial charge is 0.468 e. The van der Waals surface area contributed by atoms with Gasteiger partial charge in [-0.05, 0) is 74.7 Å². The first-order valence-electron chi connectivity index (χ1n) is 9.60. The molecule has 2 atom stereocenters. The number of anilines is 1. The molecule has 2 aliphatic heterocycles. The highest BCUT2D eigenvalue weighted by atomic mass is 32.1. The van der Waals surface area contributed by atoms with E-state index in [-0.39, 0.29) is 0 Å². The number of benzene rings is 1. The summed E-state index contributed by atoms with van der Waals surface area (Å²) in [5.74, 6) is 1.07. The van der Waals surface area contributed by atoms with Crippen molar-refractivity contribution in [1.29, 1.82) is 0 Å². The van der Waals surface area contributed by atoms with Gasteiger partial charge in [0, 0.05) is 23.8 Å². The Bertz CT molecular complexity index is 731. The molecule has 4 nitrogen and oxygen atoms in total. The zero-order valence-electron chi connectivity index (χ0n) is 15.3. The van der Waals surface area contributed by atoms with Gasteiger partial charge in [-0.1, -0.05) is 18.6 Å². The Morgan fingerprint density at radius 3 is 2.69 bits per heavy atom. The number of nitrogens with zero attached hydrogens (tertiary/aromatic N) is 1. The first-order valence-corrected chi connectivity index (χ1v) is 10.0. The van der Waals surface area contributed by atoms with E-state index >= 15 is 0 Å². The lowest BCUT2D eigenvalue weighted by Crippen LogP contribution is -2.56. The molecule has 2 N–H and O–H groups in total. The third kappa shape index (κ3) is 4.10. The molecule has 0 aliphatic carbocycles. The highest BCUT2D eigenvalue weighted by Gasteiger charge is 2.38. The fraction of sp³-hybridized carbons (Fsp3) is 0.476. The van der Waals surface area contributed by atoms with Crippen molar-refractivity contribution in [3.63, 3.8) is 0 Å². The molecule has 1 aromatic carbocycles. The van der Waals surface area contributed by atoms with Gasteiger partial charge >= 0.3 is 0 Å². The Morgan fingerprint density at radius 2 is 2.00 bits per heavy atom. The number of aryl methyl sites for hydroxylation is 1. The monoisotopic (exact) mass is 369 g/mol. The van der Waals surface area contributed by atoms with Gasteiger partial charge in [0.05, 0.1) is 12.8 Å².